The first-order valence-corrected chi connectivity index (χ1v) is 9.32. The molecule has 150 valence electrons. The van der Waals surface area contributed by atoms with E-state index in [1.165, 1.54) is 18.4 Å². The Bertz CT molecular complexity index is 825. The van der Waals surface area contributed by atoms with Crippen LogP contribution in [0.3, 0.4) is 0 Å². The summed E-state index contributed by atoms with van der Waals surface area (Å²) in [5.74, 6) is -1.18. The highest BCUT2D eigenvalue weighted by molar-refractivity contribution is 5.99. The minimum atomic E-state index is -0.804. The number of nitrogens with one attached hydrogen (secondary N) is 2. The van der Waals surface area contributed by atoms with Crippen LogP contribution in [0.15, 0.2) is 41.0 Å². The monoisotopic (exact) mass is 388 g/mol. The van der Waals surface area contributed by atoms with Crippen LogP contribution >= 0.6 is 0 Å². The van der Waals surface area contributed by atoms with Crippen LogP contribution in [0, 0.1) is 5.82 Å². The van der Waals surface area contributed by atoms with Crippen LogP contribution in [0.4, 0.5) is 15.8 Å². The van der Waals surface area contributed by atoms with E-state index in [1.807, 2.05) is 4.90 Å². The molecule has 0 radical (unpaired) electrons. The Labute approximate surface area is 163 Å². The molecule has 1 fully saturated rings. The molecule has 7 nitrogen and oxygen atoms in total. The summed E-state index contributed by atoms with van der Waals surface area (Å²) in [5, 5.41) is 5.17. The Kier molecular flexibility index (Phi) is 6.30. The molecule has 1 aromatic carbocycles. The van der Waals surface area contributed by atoms with Crippen molar-refractivity contribution in [3.05, 3.63) is 48.2 Å². The van der Waals surface area contributed by atoms with E-state index < -0.39 is 17.9 Å². The van der Waals surface area contributed by atoms with Crippen molar-refractivity contribution in [1.29, 1.82) is 0 Å². The number of benzene rings is 1. The van der Waals surface area contributed by atoms with Crippen LogP contribution in [-0.2, 0) is 4.79 Å². The number of amides is 2. The normalized spacial score (nSPS) is 16.3. The van der Waals surface area contributed by atoms with E-state index in [1.54, 1.807) is 25.1 Å². The van der Waals surface area contributed by atoms with Gasteiger partial charge in [0.2, 0.25) is 5.91 Å². The molecule has 8 heteroatoms. The van der Waals surface area contributed by atoms with Crippen LogP contribution in [0.5, 0.6) is 0 Å². The molecule has 3 rings (SSSR count). The van der Waals surface area contributed by atoms with E-state index >= 15 is 0 Å². The standard InChI is InChI=1S/C20H25FN4O3/c1-14(22-20(27)18-5-3-12-28-18)19(26)23-15-6-7-17(16(21)13-15)25-9-4-8-24(2)10-11-25/h3,5-7,12-14H,4,8-11H2,1-2H3,(H,22,27)(H,23,26)/t14-/m0/s1. The van der Waals surface area contributed by atoms with Gasteiger partial charge in [0.1, 0.15) is 11.9 Å². The molecule has 0 spiro atoms. The van der Waals surface area contributed by atoms with Crippen molar-refractivity contribution in [3.63, 3.8) is 0 Å². The summed E-state index contributed by atoms with van der Waals surface area (Å²) < 4.78 is 19.6. The fraction of sp³-hybridized carbons (Fsp3) is 0.400. The van der Waals surface area contributed by atoms with Gasteiger partial charge in [0, 0.05) is 25.3 Å². The van der Waals surface area contributed by atoms with Crippen molar-refractivity contribution in [1.82, 2.24) is 10.2 Å². The molecule has 0 aliphatic carbocycles. The van der Waals surface area contributed by atoms with Gasteiger partial charge in [-0.1, -0.05) is 0 Å². The van der Waals surface area contributed by atoms with Gasteiger partial charge >= 0.3 is 0 Å². The SMILES string of the molecule is C[C@H](NC(=O)c1ccco1)C(=O)Nc1ccc(N2CCCN(C)CC2)c(F)c1. The molecule has 1 atom stereocenters. The highest BCUT2D eigenvalue weighted by Crippen LogP contribution is 2.24. The zero-order valence-electron chi connectivity index (χ0n) is 16.1. The van der Waals surface area contributed by atoms with Crippen molar-refractivity contribution >= 4 is 23.2 Å². The zero-order chi connectivity index (χ0) is 20.1. The second-order valence-electron chi connectivity index (χ2n) is 6.97. The second kappa shape index (κ2) is 8.88. The van der Waals surface area contributed by atoms with E-state index in [-0.39, 0.29) is 11.6 Å². The first-order chi connectivity index (χ1) is 13.4. The average molecular weight is 388 g/mol. The summed E-state index contributed by atoms with van der Waals surface area (Å²) in [7, 11) is 2.06. The molecular weight excluding hydrogens is 363 g/mol. The van der Waals surface area contributed by atoms with Crippen molar-refractivity contribution in [2.24, 2.45) is 0 Å². The average Bonchev–Trinajstić information content (AvgIpc) is 3.12. The van der Waals surface area contributed by atoms with E-state index in [0.29, 0.717) is 11.4 Å². The fourth-order valence-electron chi connectivity index (χ4n) is 3.12. The minimum absolute atomic E-state index is 0.123. The van der Waals surface area contributed by atoms with Crippen LogP contribution < -0.4 is 15.5 Å². The molecule has 1 aliphatic rings. The number of rotatable bonds is 5. The third kappa shape index (κ3) is 4.89. The van der Waals surface area contributed by atoms with Gasteiger partial charge in [-0.3, -0.25) is 9.59 Å². The Balaban J connectivity index is 1.60. The van der Waals surface area contributed by atoms with E-state index in [9.17, 15) is 14.0 Å². The quantitative estimate of drug-likeness (QED) is 0.822. The van der Waals surface area contributed by atoms with Gasteiger partial charge in [-0.2, -0.15) is 0 Å². The number of carbonyl (C=O) groups is 2. The number of nitrogens with zero attached hydrogens (tertiary/aromatic N) is 2. The lowest BCUT2D eigenvalue weighted by atomic mass is 10.2. The van der Waals surface area contributed by atoms with E-state index in [2.05, 4.69) is 22.6 Å². The van der Waals surface area contributed by atoms with Crippen molar-refractivity contribution < 1.29 is 18.4 Å². The molecule has 28 heavy (non-hydrogen) atoms. The van der Waals surface area contributed by atoms with Crippen molar-refractivity contribution in [2.75, 3.05) is 43.4 Å². The summed E-state index contributed by atoms with van der Waals surface area (Å²) in [4.78, 5) is 28.5. The van der Waals surface area contributed by atoms with Gasteiger partial charge in [0.15, 0.2) is 5.76 Å². The molecule has 1 saturated heterocycles. The van der Waals surface area contributed by atoms with E-state index in [4.69, 9.17) is 4.42 Å². The number of carbonyl (C=O) groups excluding carboxylic acids is 2. The van der Waals surface area contributed by atoms with Gasteiger partial charge in [-0.05, 0) is 57.3 Å². The number of halogens is 1. The summed E-state index contributed by atoms with van der Waals surface area (Å²) in [6.45, 7) is 4.98. The van der Waals surface area contributed by atoms with Gasteiger partial charge in [0.25, 0.3) is 5.91 Å². The van der Waals surface area contributed by atoms with E-state index in [0.717, 1.165) is 32.6 Å². The predicted molar refractivity (Wildman–Crippen MR) is 105 cm³/mol. The van der Waals surface area contributed by atoms with Crippen molar-refractivity contribution in [3.8, 4) is 0 Å². The van der Waals surface area contributed by atoms with Crippen LogP contribution in [0.2, 0.25) is 0 Å². The van der Waals surface area contributed by atoms with Gasteiger partial charge in [0.05, 0.1) is 12.0 Å². The molecule has 0 saturated carbocycles. The number of hydrogen-bond acceptors (Lipinski definition) is 5. The maximum absolute atomic E-state index is 14.6. The first kappa shape index (κ1) is 19.9. The molecule has 1 aromatic heterocycles. The second-order valence-corrected chi connectivity index (χ2v) is 6.97. The molecule has 0 bridgehead atoms. The third-order valence-electron chi connectivity index (χ3n) is 4.76. The molecule has 1 aliphatic heterocycles. The summed E-state index contributed by atoms with van der Waals surface area (Å²) in [6.07, 6.45) is 2.35. The maximum Gasteiger partial charge on any atom is 0.287 e. The number of anilines is 2. The van der Waals surface area contributed by atoms with Crippen LogP contribution in [0.1, 0.15) is 23.9 Å². The summed E-state index contributed by atoms with van der Waals surface area (Å²) in [5.41, 5.74) is 0.879. The zero-order valence-corrected chi connectivity index (χ0v) is 16.1. The first-order valence-electron chi connectivity index (χ1n) is 9.32. The largest absolute Gasteiger partial charge is 0.459 e. The number of likely N-dealkylation sites (N-methyl/N-ethyl adjacent to an activating group) is 1. The van der Waals surface area contributed by atoms with Crippen molar-refractivity contribution in [2.45, 2.75) is 19.4 Å². The smallest absolute Gasteiger partial charge is 0.287 e. The Morgan fingerprint density at radius 2 is 2.00 bits per heavy atom. The topological polar surface area (TPSA) is 77.8 Å². The summed E-state index contributed by atoms with van der Waals surface area (Å²) in [6, 6.07) is 6.96. The Morgan fingerprint density at radius 1 is 1.18 bits per heavy atom. The highest BCUT2D eigenvalue weighted by Gasteiger charge is 2.20. The molecule has 0 unspecified atom stereocenters. The van der Waals surface area contributed by atoms with Crippen LogP contribution in [-0.4, -0.2) is 56.0 Å². The van der Waals surface area contributed by atoms with Gasteiger partial charge < -0.3 is 24.9 Å². The molecule has 2 N–H and O–H groups in total. The summed E-state index contributed by atoms with van der Waals surface area (Å²) >= 11 is 0. The Hall–Kier alpha value is -2.87. The lowest BCUT2D eigenvalue weighted by molar-refractivity contribution is -0.117. The van der Waals surface area contributed by atoms with Gasteiger partial charge in [-0.15, -0.1) is 0 Å². The number of hydrogen-bond donors (Lipinski definition) is 2. The molecule has 2 amide bonds. The molecule has 2 heterocycles. The lowest BCUT2D eigenvalue weighted by Crippen LogP contribution is -2.41. The van der Waals surface area contributed by atoms with Gasteiger partial charge in [-0.25, -0.2) is 4.39 Å². The minimum Gasteiger partial charge on any atom is -0.459 e. The molecule has 2 aromatic rings. The lowest BCUT2D eigenvalue weighted by Gasteiger charge is -2.23. The third-order valence-corrected chi connectivity index (χ3v) is 4.76. The highest BCUT2D eigenvalue weighted by atomic mass is 19.1. The molecular formula is C20H25FN4O3. The Morgan fingerprint density at radius 3 is 2.71 bits per heavy atom. The number of furan rings is 1. The maximum atomic E-state index is 14.6. The fourth-order valence-corrected chi connectivity index (χ4v) is 3.12. The van der Waals surface area contributed by atoms with Crippen LogP contribution in [0.25, 0.3) is 0 Å². The predicted octanol–water partition coefficient (Wildman–Crippen LogP) is 2.32.